The lowest BCUT2D eigenvalue weighted by atomic mass is 9.76. The Bertz CT molecular complexity index is 530. The van der Waals surface area contributed by atoms with Crippen LogP contribution in [0.2, 0.25) is 0 Å². The van der Waals surface area contributed by atoms with Crippen molar-refractivity contribution in [3.05, 3.63) is 10.6 Å². The lowest BCUT2D eigenvalue weighted by Crippen LogP contribution is -2.37. The number of aromatic nitrogens is 1. The molecule has 0 radical (unpaired) electrons. The molecule has 1 aliphatic carbocycles. The highest BCUT2D eigenvalue weighted by Crippen LogP contribution is 2.33. The van der Waals surface area contributed by atoms with Gasteiger partial charge in [-0.05, 0) is 38.5 Å². The lowest BCUT2D eigenvalue weighted by Gasteiger charge is -2.28. The zero-order chi connectivity index (χ0) is 15.6. The zero-order valence-corrected chi connectivity index (χ0v) is 13.5. The highest BCUT2D eigenvalue weighted by Gasteiger charge is 2.39. The number of hydrogen-bond donors (Lipinski definition) is 2. The summed E-state index contributed by atoms with van der Waals surface area (Å²) in [5.41, 5.74) is 0.0347. The standard InChI is InChI=1S/C15H22N2O3S/c1-9(2)15(3,13(19)20)8-12(18)17-14-16-10-6-4-5-7-11(10)21-14/h9H,4-8H2,1-3H3,(H,19,20)(H,16,17,18). The number of nitrogens with one attached hydrogen (secondary N) is 1. The number of aryl methyl sites for hydroxylation is 2. The van der Waals surface area contributed by atoms with Crippen molar-refractivity contribution < 1.29 is 14.7 Å². The highest BCUT2D eigenvalue weighted by molar-refractivity contribution is 7.15. The van der Waals surface area contributed by atoms with Crippen LogP contribution < -0.4 is 5.32 Å². The van der Waals surface area contributed by atoms with E-state index in [1.807, 2.05) is 13.8 Å². The average Bonchev–Trinajstić information content (AvgIpc) is 2.79. The molecule has 0 spiro atoms. The van der Waals surface area contributed by atoms with Crippen LogP contribution in [0.3, 0.4) is 0 Å². The number of hydrogen-bond acceptors (Lipinski definition) is 4. The van der Waals surface area contributed by atoms with E-state index >= 15 is 0 Å². The zero-order valence-electron chi connectivity index (χ0n) is 12.7. The Morgan fingerprint density at radius 2 is 2.05 bits per heavy atom. The topological polar surface area (TPSA) is 79.3 Å². The van der Waals surface area contributed by atoms with Gasteiger partial charge in [-0.25, -0.2) is 4.98 Å². The fourth-order valence-corrected chi connectivity index (χ4v) is 3.50. The minimum Gasteiger partial charge on any atom is -0.481 e. The minimum absolute atomic E-state index is 0.0375. The van der Waals surface area contributed by atoms with Crippen molar-refractivity contribution in [2.75, 3.05) is 5.32 Å². The van der Waals surface area contributed by atoms with E-state index in [0.29, 0.717) is 5.13 Å². The first-order valence-corrected chi connectivity index (χ1v) is 8.16. The second-order valence-electron chi connectivity index (χ2n) is 6.20. The van der Waals surface area contributed by atoms with Crippen LogP contribution >= 0.6 is 11.3 Å². The van der Waals surface area contributed by atoms with Crippen LogP contribution in [-0.4, -0.2) is 22.0 Å². The van der Waals surface area contributed by atoms with Gasteiger partial charge in [0.1, 0.15) is 0 Å². The monoisotopic (exact) mass is 310 g/mol. The van der Waals surface area contributed by atoms with Crippen LogP contribution in [0.5, 0.6) is 0 Å². The number of aliphatic carboxylic acids is 1. The summed E-state index contributed by atoms with van der Waals surface area (Å²) in [5.74, 6) is -1.34. The number of amides is 1. The number of carbonyl (C=O) groups excluding carboxylic acids is 1. The van der Waals surface area contributed by atoms with E-state index in [4.69, 9.17) is 0 Å². The van der Waals surface area contributed by atoms with Crippen LogP contribution in [0.4, 0.5) is 5.13 Å². The molecule has 0 bridgehead atoms. The molecule has 5 nitrogen and oxygen atoms in total. The molecule has 0 fully saturated rings. The van der Waals surface area contributed by atoms with Gasteiger partial charge in [-0.1, -0.05) is 13.8 Å². The Balaban J connectivity index is 2.04. The number of nitrogens with zero attached hydrogens (tertiary/aromatic N) is 1. The molecule has 0 saturated carbocycles. The molecule has 1 amide bonds. The van der Waals surface area contributed by atoms with Gasteiger partial charge >= 0.3 is 5.97 Å². The Morgan fingerprint density at radius 1 is 1.38 bits per heavy atom. The van der Waals surface area contributed by atoms with E-state index in [2.05, 4.69) is 10.3 Å². The van der Waals surface area contributed by atoms with Gasteiger partial charge in [-0.15, -0.1) is 11.3 Å². The summed E-state index contributed by atoms with van der Waals surface area (Å²) in [7, 11) is 0. The number of carboxylic acid groups (broad SMARTS) is 1. The third-order valence-corrected chi connectivity index (χ3v) is 5.46. The molecule has 1 aromatic heterocycles. The van der Waals surface area contributed by atoms with Crippen LogP contribution in [0, 0.1) is 11.3 Å². The molecule has 21 heavy (non-hydrogen) atoms. The van der Waals surface area contributed by atoms with E-state index in [-0.39, 0.29) is 18.2 Å². The van der Waals surface area contributed by atoms with Crippen molar-refractivity contribution in [1.29, 1.82) is 0 Å². The molecule has 1 aliphatic rings. The maximum Gasteiger partial charge on any atom is 0.310 e. The van der Waals surface area contributed by atoms with Gasteiger partial charge in [-0.2, -0.15) is 0 Å². The van der Waals surface area contributed by atoms with E-state index in [1.54, 1.807) is 6.92 Å². The molecular weight excluding hydrogens is 288 g/mol. The van der Waals surface area contributed by atoms with Crippen molar-refractivity contribution in [3.63, 3.8) is 0 Å². The molecule has 6 heteroatoms. The molecule has 0 aliphatic heterocycles. The van der Waals surface area contributed by atoms with Crippen LogP contribution in [0.15, 0.2) is 0 Å². The molecule has 2 N–H and O–H groups in total. The van der Waals surface area contributed by atoms with Crippen LogP contribution in [0.1, 0.15) is 50.6 Å². The fourth-order valence-electron chi connectivity index (χ4n) is 2.43. The largest absolute Gasteiger partial charge is 0.481 e. The minimum atomic E-state index is -1.05. The van der Waals surface area contributed by atoms with Crippen molar-refractivity contribution in [3.8, 4) is 0 Å². The summed E-state index contributed by atoms with van der Waals surface area (Å²) < 4.78 is 0. The molecule has 116 valence electrons. The van der Waals surface area contributed by atoms with Crippen molar-refractivity contribution in [1.82, 2.24) is 4.98 Å². The fraction of sp³-hybridized carbons (Fsp3) is 0.667. The summed E-state index contributed by atoms with van der Waals surface area (Å²) >= 11 is 1.52. The van der Waals surface area contributed by atoms with Crippen LogP contribution in [0.25, 0.3) is 0 Å². The summed E-state index contributed by atoms with van der Waals surface area (Å²) in [6, 6.07) is 0. The number of carbonyl (C=O) groups is 2. The van der Waals surface area contributed by atoms with Gasteiger partial charge < -0.3 is 10.4 Å². The lowest BCUT2D eigenvalue weighted by molar-refractivity contribution is -0.153. The molecule has 1 aromatic rings. The van der Waals surface area contributed by atoms with Crippen molar-refractivity contribution >= 4 is 28.3 Å². The van der Waals surface area contributed by atoms with Crippen LogP contribution in [-0.2, 0) is 22.4 Å². The maximum atomic E-state index is 12.1. The van der Waals surface area contributed by atoms with Gasteiger partial charge in [-0.3, -0.25) is 9.59 Å². The molecule has 0 aromatic carbocycles. The Morgan fingerprint density at radius 3 is 2.62 bits per heavy atom. The van der Waals surface area contributed by atoms with E-state index < -0.39 is 11.4 Å². The second kappa shape index (κ2) is 6.13. The first-order valence-electron chi connectivity index (χ1n) is 7.34. The Kier molecular flexibility index (Phi) is 4.66. The molecule has 0 saturated heterocycles. The predicted octanol–water partition coefficient (Wildman–Crippen LogP) is 3.10. The predicted molar refractivity (Wildman–Crippen MR) is 82.6 cm³/mol. The third kappa shape index (κ3) is 3.43. The van der Waals surface area contributed by atoms with Gasteiger partial charge in [0, 0.05) is 11.3 Å². The number of fused-ring (bicyclic) bond motifs is 1. The normalized spacial score (nSPS) is 17.1. The molecule has 1 unspecified atom stereocenters. The SMILES string of the molecule is CC(C)C(C)(CC(=O)Nc1nc2c(s1)CCCC2)C(=O)O. The number of carboxylic acids is 1. The van der Waals surface area contributed by atoms with Gasteiger partial charge in [0.15, 0.2) is 5.13 Å². The number of rotatable bonds is 5. The first-order chi connectivity index (χ1) is 9.83. The smallest absolute Gasteiger partial charge is 0.310 e. The molecular formula is C15H22N2O3S. The number of anilines is 1. The number of thiazole rings is 1. The second-order valence-corrected chi connectivity index (χ2v) is 7.28. The summed E-state index contributed by atoms with van der Waals surface area (Å²) in [5, 5.41) is 12.7. The quantitative estimate of drug-likeness (QED) is 0.876. The summed E-state index contributed by atoms with van der Waals surface area (Å²) in [6.45, 7) is 5.26. The Hall–Kier alpha value is -1.43. The molecule has 1 heterocycles. The van der Waals surface area contributed by atoms with E-state index in [0.717, 1.165) is 25.0 Å². The highest BCUT2D eigenvalue weighted by atomic mass is 32.1. The molecule has 2 rings (SSSR count). The van der Waals surface area contributed by atoms with E-state index in [9.17, 15) is 14.7 Å². The van der Waals surface area contributed by atoms with Crippen molar-refractivity contribution in [2.24, 2.45) is 11.3 Å². The van der Waals surface area contributed by atoms with Crippen molar-refractivity contribution in [2.45, 2.75) is 52.9 Å². The molecule has 1 atom stereocenters. The average molecular weight is 310 g/mol. The van der Waals surface area contributed by atoms with Gasteiger partial charge in [0.05, 0.1) is 11.1 Å². The maximum absolute atomic E-state index is 12.1. The first kappa shape index (κ1) is 15.9. The summed E-state index contributed by atoms with van der Waals surface area (Å²) in [6.07, 6.45) is 4.29. The van der Waals surface area contributed by atoms with E-state index in [1.165, 1.54) is 22.6 Å². The van der Waals surface area contributed by atoms with Gasteiger partial charge in [0.25, 0.3) is 0 Å². The Labute approximate surface area is 128 Å². The van der Waals surface area contributed by atoms with Gasteiger partial charge in [0.2, 0.25) is 5.91 Å². The third-order valence-electron chi connectivity index (χ3n) is 4.38. The summed E-state index contributed by atoms with van der Waals surface area (Å²) in [4.78, 5) is 29.3.